The van der Waals surface area contributed by atoms with E-state index in [4.69, 9.17) is 15.0 Å². The van der Waals surface area contributed by atoms with Crippen LogP contribution < -0.4 is 0 Å². The van der Waals surface area contributed by atoms with Crippen molar-refractivity contribution in [3.05, 3.63) is 308 Å². The van der Waals surface area contributed by atoms with Crippen LogP contribution in [0.15, 0.2) is 297 Å². The average Bonchev–Trinajstić information content (AvgIpc) is 1.57. The molecule has 3 aromatic heterocycles. The summed E-state index contributed by atoms with van der Waals surface area (Å²) < 4.78 is 4.91. The molecule has 0 spiro atoms. The number of rotatable bonds is 6. The van der Waals surface area contributed by atoms with E-state index in [1.165, 1.54) is 127 Å². The van der Waals surface area contributed by atoms with Crippen LogP contribution >= 0.6 is 0 Å². The highest BCUT2D eigenvalue weighted by Gasteiger charge is 2.36. The molecular weight excluding hydrogens is 1100 g/mol. The number of fused-ring (bicyclic) bond motifs is 9. The van der Waals surface area contributed by atoms with E-state index in [0.717, 1.165) is 44.5 Å². The molecule has 0 bridgehead atoms. The topological polar surface area (TPSA) is 48.5 Å². The quantitative estimate of drug-likeness (QED) is 0.167. The highest BCUT2D eigenvalue weighted by molar-refractivity contribution is 6.32. The van der Waals surface area contributed by atoms with Gasteiger partial charge in [-0.15, -0.1) is 0 Å². The molecule has 3 aliphatic rings. The first-order valence-corrected chi connectivity index (χ1v) is 31.4. The van der Waals surface area contributed by atoms with Crippen molar-refractivity contribution in [2.75, 3.05) is 0 Å². The zero-order valence-electron chi connectivity index (χ0n) is 50.0. The molecule has 0 radical (unpaired) electrons. The van der Waals surface area contributed by atoms with Crippen molar-refractivity contribution in [3.8, 4) is 112 Å². The van der Waals surface area contributed by atoms with Gasteiger partial charge in [0.25, 0.3) is 0 Å². The van der Waals surface area contributed by atoms with E-state index < -0.39 is 0 Å². The first-order valence-electron chi connectivity index (χ1n) is 31.4. The molecule has 0 unspecified atom stereocenters. The van der Waals surface area contributed by atoms with Crippen LogP contribution in [0.2, 0.25) is 0 Å². The summed E-state index contributed by atoms with van der Waals surface area (Å²) in [6.07, 6.45) is 0. The van der Waals surface area contributed by atoms with Crippen LogP contribution in [0, 0.1) is 0 Å². The average molecular weight is 1160 g/mol. The fraction of sp³-hybridized carbons (Fsp3) is 0.0349. The Kier molecular flexibility index (Phi) is 11.0. The zero-order chi connectivity index (χ0) is 60.1. The van der Waals surface area contributed by atoms with Gasteiger partial charge < -0.3 is 9.13 Å². The highest BCUT2D eigenvalue weighted by atomic mass is 15.1. The predicted molar refractivity (Wildman–Crippen MR) is 378 cm³/mol. The maximum atomic E-state index is 5.30. The van der Waals surface area contributed by atoms with Crippen molar-refractivity contribution in [3.63, 3.8) is 0 Å². The maximum Gasteiger partial charge on any atom is 0.166 e. The number of benzene rings is 14. The van der Waals surface area contributed by atoms with Crippen molar-refractivity contribution < 1.29 is 0 Å². The van der Waals surface area contributed by atoms with Crippen LogP contribution in [0.3, 0.4) is 0 Å². The normalized spacial score (nSPS) is 12.8. The van der Waals surface area contributed by atoms with E-state index >= 15 is 0 Å². The van der Waals surface area contributed by atoms with Gasteiger partial charge in [0, 0.05) is 49.3 Å². The van der Waals surface area contributed by atoms with E-state index in [0.29, 0.717) is 17.5 Å². The molecule has 91 heavy (non-hydrogen) atoms. The van der Waals surface area contributed by atoms with Crippen molar-refractivity contribution in [1.82, 2.24) is 24.1 Å². The summed E-state index contributed by atoms with van der Waals surface area (Å²) in [4.78, 5) is 15.7. The van der Waals surface area contributed by atoms with Gasteiger partial charge in [-0.1, -0.05) is 263 Å². The molecule has 0 saturated carbocycles. The van der Waals surface area contributed by atoms with Gasteiger partial charge >= 0.3 is 0 Å². The number of hydrogen-bond acceptors (Lipinski definition) is 3. The first-order chi connectivity index (χ1) is 44.9. The third kappa shape index (κ3) is 7.49. The van der Waals surface area contributed by atoms with E-state index in [1.54, 1.807) is 0 Å². The number of para-hydroxylation sites is 1. The summed E-state index contributed by atoms with van der Waals surface area (Å²) in [6.45, 7) is 4.72. The Morgan fingerprint density at radius 2 is 0.648 bits per heavy atom. The molecule has 0 amide bonds. The molecule has 0 saturated heterocycles. The Labute approximate surface area is 526 Å². The third-order valence-corrected chi connectivity index (χ3v) is 19.7. The largest absolute Gasteiger partial charge is 0.309 e. The first kappa shape index (κ1) is 51.3. The molecule has 5 heteroatoms. The zero-order valence-corrected chi connectivity index (χ0v) is 50.0. The summed E-state index contributed by atoms with van der Waals surface area (Å²) in [5.74, 6) is 1.89. The molecule has 14 aromatic carbocycles. The van der Waals surface area contributed by atoms with Gasteiger partial charge in [-0.25, -0.2) is 15.0 Å². The van der Waals surface area contributed by atoms with Crippen molar-refractivity contribution in [2.24, 2.45) is 0 Å². The van der Waals surface area contributed by atoms with E-state index in [9.17, 15) is 0 Å². The Morgan fingerprint density at radius 3 is 1.24 bits per heavy atom. The summed E-state index contributed by atoms with van der Waals surface area (Å²) >= 11 is 0. The highest BCUT2D eigenvalue weighted by Crippen LogP contribution is 2.54. The Balaban J connectivity index is 0.000000138. The Hall–Kier alpha value is -11.8. The molecule has 0 aliphatic heterocycles. The maximum absolute atomic E-state index is 5.30. The molecular formula is C86H55N5. The smallest absolute Gasteiger partial charge is 0.166 e. The number of aromatic nitrogens is 5. The molecule has 0 fully saturated rings. The predicted octanol–water partition coefficient (Wildman–Crippen LogP) is 22.3. The van der Waals surface area contributed by atoms with Gasteiger partial charge in [0.05, 0.1) is 27.8 Å². The summed E-state index contributed by atoms with van der Waals surface area (Å²) in [7, 11) is 0. The number of nitrogens with zero attached hydrogens (tertiary/aromatic N) is 5. The Bertz CT molecular complexity index is 5930. The van der Waals surface area contributed by atoms with Crippen LogP contribution in [0.4, 0.5) is 0 Å². The molecule has 0 atom stereocenters. The minimum atomic E-state index is -0.0316. The fourth-order valence-corrected chi connectivity index (χ4v) is 15.8. The van der Waals surface area contributed by atoms with Crippen LogP contribution in [-0.2, 0) is 5.41 Å². The lowest BCUT2D eigenvalue weighted by Gasteiger charge is -2.22. The van der Waals surface area contributed by atoms with Crippen molar-refractivity contribution in [1.29, 1.82) is 0 Å². The minimum Gasteiger partial charge on any atom is -0.309 e. The number of hydrogen-bond donors (Lipinski definition) is 0. The van der Waals surface area contributed by atoms with Crippen LogP contribution in [-0.4, -0.2) is 24.1 Å². The lowest BCUT2D eigenvalue weighted by molar-refractivity contribution is 0.660. The van der Waals surface area contributed by atoms with E-state index in [1.807, 2.05) is 24.3 Å². The molecule has 17 aromatic rings. The van der Waals surface area contributed by atoms with Gasteiger partial charge in [0.15, 0.2) is 17.5 Å². The minimum absolute atomic E-state index is 0.0316. The SMILES string of the molecule is CC1(C)c2ccccc2-c2ccc(-n3c4cccc5c4c4c6c(cccc6ccc43)-c3ccccc3-5)cc21.c1ccc(-c2nc(-c3ccccc3-c3ccccc3)nc(-c3ccccc3-n3c4cccc5c4c4c6c(cccc6ccc43)-c3ccccc3-5)n2)cc1. The Morgan fingerprint density at radius 1 is 0.242 bits per heavy atom. The summed E-state index contributed by atoms with van der Waals surface area (Å²) in [5, 5.41) is 10.4. The molecule has 424 valence electrons. The van der Waals surface area contributed by atoms with Crippen LogP contribution in [0.1, 0.15) is 25.0 Å². The van der Waals surface area contributed by atoms with Gasteiger partial charge in [0.1, 0.15) is 0 Å². The van der Waals surface area contributed by atoms with E-state index in [-0.39, 0.29) is 5.41 Å². The lowest BCUT2D eigenvalue weighted by atomic mass is 9.82. The molecule has 20 rings (SSSR count). The third-order valence-electron chi connectivity index (χ3n) is 19.7. The van der Waals surface area contributed by atoms with Gasteiger partial charge in [-0.3, -0.25) is 0 Å². The fourth-order valence-electron chi connectivity index (χ4n) is 15.8. The summed E-state index contributed by atoms with van der Waals surface area (Å²) in [5.41, 5.74) is 27.9. The monoisotopic (exact) mass is 1160 g/mol. The summed E-state index contributed by atoms with van der Waals surface area (Å²) in [6, 6.07) is 107. The lowest BCUT2D eigenvalue weighted by Crippen LogP contribution is -2.15. The second-order valence-corrected chi connectivity index (χ2v) is 24.9. The van der Waals surface area contributed by atoms with E-state index in [2.05, 4.69) is 296 Å². The molecule has 3 heterocycles. The molecule has 0 N–H and O–H groups in total. The molecule has 5 nitrogen and oxygen atoms in total. The standard InChI is InChI=1S/C49H30N4.C37H25N/c1-3-15-31(16-4-1)34-20-7-10-23-39(34)48-50-47(33-17-5-2-6-18-33)51-49(52-48)40-24-11-12-27-41(40)53-42-28-14-26-38-36-22-9-8-21-35(36)37-25-13-19-32-29-30-43(53)46(44(32)37)45(38)42;1-37(2)30-15-6-5-12-26(30)27-19-18-23(21-31(27)37)38-32-16-8-14-29-25-11-4-3-10-24(25)28-13-7-9-22-17-20-33(38)36(34(22)28)35(29)32/h1-30H;3-21H,1-2H3. The van der Waals surface area contributed by atoms with Gasteiger partial charge in [-0.2, -0.15) is 0 Å². The van der Waals surface area contributed by atoms with Crippen LogP contribution in [0.5, 0.6) is 0 Å². The van der Waals surface area contributed by atoms with Crippen LogP contribution in [0.25, 0.3) is 177 Å². The van der Waals surface area contributed by atoms with Crippen molar-refractivity contribution >= 4 is 65.2 Å². The molecule has 3 aliphatic carbocycles. The second kappa shape index (κ2) is 19.6. The van der Waals surface area contributed by atoms with Gasteiger partial charge in [0.2, 0.25) is 0 Å². The van der Waals surface area contributed by atoms with Crippen molar-refractivity contribution in [2.45, 2.75) is 19.3 Å². The van der Waals surface area contributed by atoms with Gasteiger partial charge in [-0.05, 0) is 148 Å². The second-order valence-electron chi connectivity index (χ2n) is 24.9.